The van der Waals surface area contributed by atoms with Crippen LogP contribution in [0.15, 0.2) is 0 Å². The van der Waals surface area contributed by atoms with Gasteiger partial charge in [0.05, 0.1) is 6.54 Å². The zero-order valence-corrected chi connectivity index (χ0v) is 12.7. The van der Waals surface area contributed by atoms with Crippen LogP contribution in [0.4, 0.5) is 0 Å². The van der Waals surface area contributed by atoms with Crippen molar-refractivity contribution in [2.24, 2.45) is 5.92 Å². The van der Waals surface area contributed by atoms with Crippen LogP contribution in [0.5, 0.6) is 0 Å². The Balaban J connectivity index is 1.77. The maximum atomic E-state index is 12.3. The van der Waals surface area contributed by atoms with Gasteiger partial charge in [0.25, 0.3) is 0 Å². The Morgan fingerprint density at radius 3 is 2.55 bits per heavy atom. The van der Waals surface area contributed by atoms with Gasteiger partial charge in [0.1, 0.15) is 0 Å². The minimum atomic E-state index is -0.788. The Kier molecular flexibility index (Phi) is 6.16. The first-order valence-corrected chi connectivity index (χ1v) is 8.60. The van der Waals surface area contributed by atoms with Gasteiger partial charge in [-0.05, 0) is 36.7 Å². The number of carbonyl (C=O) groups is 2. The van der Waals surface area contributed by atoms with Gasteiger partial charge in [-0.2, -0.15) is 11.8 Å². The van der Waals surface area contributed by atoms with Crippen LogP contribution in [0.3, 0.4) is 0 Å². The molecule has 5 nitrogen and oxygen atoms in total. The maximum Gasteiger partial charge on any atom is 0.317 e. The summed E-state index contributed by atoms with van der Waals surface area (Å²) in [4.78, 5) is 26.9. The van der Waals surface area contributed by atoms with Gasteiger partial charge < -0.3 is 10.0 Å². The van der Waals surface area contributed by atoms with Crippen LogP contribution in [0.2, 0.25) is 0 Å². The summed E-state index contributed by atoms with van der Waals surface area (Å²) in [5, 5.41) is 8.82. The number of carboxylic acids is 1. The summed E-state index contributed by atoms with van der Waals surface area (Å²) in [5.74, 6) is 2.40. The van der Waals surface area contributed by atoms with Gasteiger partial charge in [-0.25, -0.2) is 0 Å². The molecular weight excluding hydrogens is 276 g/mol. The van der Waals surface area contributed by atoms with Crippen LogP contribution in [0.25, 0.3) is 0 Å². The molecule has 0 aromatic heterocycles. The van der Waals surface area contributed by atoms with E-state index >= 15 is 0 Å². The molecule has 0 radical (unpaired) electrons. The smallest absolute Gasteiger partial charge is 0.317 e. The van der Waals surface area contributed by atoms with Crippen molar-refractivity contribution < 1.29 is 14.7 Å². The second-order valence-electron chi connectivity index (χ2n) is 5.66. The lowest BCUT2D eigenvalue weighted by atomic mass is 9.98. The Hall–Kier alpha value is -0.750. The molecule has 0 aliphatic carbocycles. The Labute approximate surface area is 124 Å². The number of nitrogens with zero attached hydrogens (tertiary/aromatic N) is 2. The first kappa shape index (κ1) is 15.6. The third kappa shape index (κ3) is 4.98. The van der Waals surface area contributed by atoms with Crippen LogP contribution >= 0.6 is 11.8 Å². The monoisotopic (exact) mass is 300 g/mol. The molecular formula is C14H24N2O3S. The molecule has 6 heteroatoms. The van der Waals surface area contributed by atoms with E-state index in [1.165, 1.54) is 11.5 Å². The molecule has 0 aromatic carbocycles. The van der Waals surface area contributed by atoms with E-state index in [2.05, 4.69) is 0 Å². The predicted octanol–water partition coefficient (Wildman–Crippen LogP) is 1.14. The molecule has 0 atom stereocenters. The number of carbonyl (C=O) groups excluding carboxylic acids is 1. The van der Waals surface area contributed by atoms with E-state index in [1.54, 1.807) is 0 Å². The topological polar surface area (TPSA) is 60.9 Å². The van der Waals surface area contributed by atoms with Crippen LogP contribution in [-0.4, -0.2) is 71.0 Å². The van der Waals surface area contributed by atoms with Crippen LogP contribution in [-0.2, 0) is 9.59 Å². The third-order valence-corrected chi connectivity index (χ3v) is 5.15. The third-order valence-electron chi connectivity index (χ3n) is 4.10. The second kappa shape index (κ2) is 7.88. The molecule has 0 unspecified atom stereocenters. The lowest BCUT2D eigenvalue weighted by molar-refractivity contribution is -0.138. The number of amides is 1. The summed E-state index contributed by atoms with van der Waals surface area (Å²) < 4.78 is 0. The van der Waals surface area contributed by atoms with Crippen LogP contribution in [0, 0.1) is 5.92 Å². The van der Waals surface area contributed by atoms with E-state index < -0.39 is 5.97 Å². The Morgan fingerprint density at radius 1 is 1.10 bits per heavy atom. The quantitative estimate of drug-likeness (QED) is 0.843. The van der Waals surface area contributed by atoms with Gasteiger partial charge in [-0.3, -0.25) is 14.5 Å². The van der Waals surface area contributed by atoms with Crippen molar-refractivity contribution >= 4 is 23.6 Å². The van der Waals surface area contributed by atoms with E-state index in [0.29, 0.717) is 25.4 Å². The van der Waals surface area contributed by atoms with E-state index in [1.807, 2.05) is 21.6 Å². The SMILES string of the molecule is O=C(O)CN1CCCN(C(=O)CC2CCSCC2)CC1. The molecule has 0 saturated carbocycles. The molecule has 2 rings (SSSR count). The molecule has 2 aliphatic rings. The van der Waals surface area contributed by atoms with Crippen LogP contribution < -0.4 is 0 Å². The average molecular weight is 300 g/mol. The normalized spacial score (nSPS) is 22.5. The standard InChI is InChI=1S/C14H24N2O3S/c17-13(10-12-2-8-20-9-3-12)16-5-1-4-15(6-7-16)11-14(18)19/h12H,1-11H2,(H,18,19). The van der Waals surface area contributed by atoms with Crippen molar-refractivity contribution in [2.75, 3.05) is 44.2 Å². The van der Waals surface area contributed by atoms with Crippen molar-refractivity contribution in [1.82, 2.24) is 9.80 Å². The summed E-state index contributed by atoms with van der Waals surface area (Å²) in [7, 11) is 0. The van der Waals surface area contributed by atoms with Crippen molar-refractivity contribution in [3.8, 4) is 0 Å². The number of rotatable bonds is 4. The lowest BCUT2D eigenvalue weighted by Crippen LogP contribution is -2.37. The number of carboxylic acid groups (broad SMARTS) is 1. The molecule has 1 amide bonds. The zero-order valence-electron chi connectivity index (χ0n) is 11.9. The molecule has 0 spiro atoms. The maximum absolute atomic E-state index is 12.3. The van der Waals surface area contributed by atoms with Gasteiger partial charge in [0, 0.05) is 32.6 Å². The highest BCUT2D eigenvalue weighted by molar-refractivity contribution is 7.99. The minimum absolute atomic E-state index is 0.0852. The molecule has 20 heavy (non-hydrogen) atoms. The summed E-state index contributed by atoms with van der Waals surface area (Å²) in [6.07, 6.45) is 3.88. The van der Waals surface area contributed by atoms with Crippen molar-refractivity contribution in [3.63, 3.8) is 0 Å². The van der Waals surface area contributed by atoms with E-state index in [9.17, 15) is 9.59 Å². The van der Waals surface area contributed by atoms with Gasteiger partial charge in [-0.1, -0.05) is 0 Å². The Morgan fingerprint density at radius 2 is 1.85 bits per heavy atom. The van der Waals surface area contributed by atoms with Crippen molar-refractivity contribution in [3.05, 3.63) is 0 Å². The fraction of sp³-hybridized carbons (Fsp3) is 0.857. The predicted molar refractivity (Wildman–Crippen MR) is 79.9 cm³/mol. The molecule has 2 aliphatic heterocycles. The molecule has 2 fully saturated rings. The van der Waals surface area contributed by atoms with E-state index in [-0.39, 0.29) is 12.5 Å². The second-order valence-corrected chi connectivity index (χ2v) is 6.89. The number of hydrogen-bond donors (Lipinski definition) is 1. The van der Waals surface area contributed by atoms with Gasteiger partial charge in [-0.15, -0.1) is 0 Å². The summed E-state index contributed by atoms with van der Waals surface area (Å²) in [6, 6.07) is 0. The van der Waals surface area contributed by atoms with Crippen molar-refractivity contribution in [2.45, 2.75) is 25.7 Å². The number of thioether (sulfide) groups is 1. The minimum Gasteiger partial charge on any atom is -0.480 e. The fourth-order valence-corrected chi connectivity index (χ4v) is 4.10. The summed E-state index contributed by atoms with van der Waals surface area (Å²) in [5.41, 5.74) is 0. The first-order valence-electron chi connectivity index (χ1n) is 7.45. The molecule has 114 valence electrons. The highest BCUT2D eigenvalue weighted by atomic mass is 32.2. The van der Waals surface area contributed by atoms with Gasteiger partial charge in [0.15, 0.2) is 0 Å². The summed E-state index contributed by atoms with van der Waals surface area (Å²) in [6.45, 7) is 2.99. The molecule has 0 aromatic rings. The lowest BCUT2D eigenvalue weighted by Gasteiger charge is -2.26. The van der Waals surface area contributed by atoms with Crippen LogP contribution in [0.1, 0.15) is 25.7 Å². The molecule has 2 saturated heterocycles. The van der Waals surface area contributed by atoms with Crippen molar-refractivity contribution in [1.29, 1.82) is 0 Å². The number of aliphatic carboxylic acids is 1. The molecule has 1 N–H and O–H groups in total. The van der Waals surface area contributed by atoms with E-state index in [0.717, 1.165) is 32.4 Å². The highest BCUT2D eigenvalue weighted by Gasteiger charge is 2.23. The molecule has 0 bridgehead atoms. The van der Waals surface area contributed by atoms with E-state index in [4.69, 9.17) is 5.11 Å². The molecule has 2 heterocycles. The highest BCUT2D eigenvalue weighted by Crippen LogP contribution is 2.26. The largest absolute Gasteiger partial charge is 0.480 e. The zero-order chi connectivity index (χ0) is 14.4. The fourth-order valence-electron chi connectivity index (χ4n) is 2.90. The number of hydrogen-bond acceptors (Lipinski definition) is 4. The summed E-state index contributed by atoms with van der Waals surface area (Å²) >= 11 is 1.98. The van der Waals surface area contributed by atoms with Gasteiger partial charge in [0.2, 0.25) is 5.91 Å². The first-order chi connectivity index (χ1) is 9.65. The van der Waals surface area contributed by atoms with Gasteiger partial charge >= 0.3 is 5.97 Å². The Bertz CT molecular complexity index is 345. The average Bonchev–Trinajstić information content (AvgIpc) is 2.65.